The second-order valence-corrected chi connectivity index (χ2v) is 7.65. The number of benzene rings is 1. The summed E-state index contributed by atoms with van der Waals surface area (Å²) >= 11 is 0. The quantitative estimate of drug-likeness (QED) is 0.668. The van der Waals surface area contributed by atoms with E-state index in [1.54, 1.807) is 0 Å². The Balaban J connectivity index is 1.48. The highest BCUT2D eigenvalue weighted by atomic mass is 16.3. The summed E-state index contributed by atoms with van der Waals surface area (Å²) in [6.07, 6.45) is 4.80. The van der Waals surface area contributed by atoms with Gasteiger partial charge in [0.25, 0.3) is 0 Å². The van der Waals surface area contributed by atoms with E-state index in [4.69, 9.17) is 0 Å². The number of hydrogen-bond donors (Lipinski definition) is 2. The van der Waals surface area contributed by atoms with Crippen molar-refractivity contribution >= 4 is 11.0 Å². The lowest BCUT2D eigenvalue weighted by Gasteiger charge is -2.20. The summed E-state index contributed by atoms with van der Waals surface area (Å²) in [5.74, 6) is 0.669. The standard InChI is InChI=1S/C22H27N3O/c1-15-12-18-19(21(17-8-9-17)24-22(18)23-13-15)14-25(2)11-10-20(26)16-6-4-3-5-7-16/h3-7,12-13,17,20,26H,8-11,14H2,1-2H3,(H,23,24)/t20-/m0/s1. The number of pyridine rings is 1. The molecule has 1 atom stereocenters. The Morgan fingerprint density at radius 3 is 2.77 bits per heavy atom. The van der Waals surface area contributed by atoms with Crippen molar-refractivity contribution in [3.8, 4) is 0 Å². The van der Waals surface area contributed by atoms with Gasteiger partial charge in [0.2, 0.25) is 0 Å². The van der Waals surface area contributed by atoms with Gasteiger partial charge >= 0.3 is 0 Å². The van der Waals surface area contributed by atoms with Crippen LogP contribution in [0.25, 0.3) is 11.0 Å². The number of rotatable bonds is 7. The molecule has 0 spiro atoms. The van der Waals surface area contributed by atoms with Gasteiger partial charge in [-0.1, -0.05) is 30.3 Å². The molecule has 0 aliphatic heterocycles. The average molecular weight is 349 g/mol. The molecule has 2 heterocycles. The molecule has 0 amide bonds. The van der Waals surface area contributed by atoms with Crippen molar-refractivity contribution in [1.29, 1.82) is 0 Å². The van der Waals surface area contributed by atoms with Crippen molar-refractivity contribution in [3.05, 3.63) is 65.0 Å². The highest BCUT2D eigenvalue weighted by Crippen LogP contribution is 2.43. The van der Waals surface area contributed by atoms with Crippen LogP contribution in [0.5, 0.6) is 0 Å². The Hall–Kier alpha value is -2.17. The van der Waals surface area contributed by atoms with Gasteiger partial charge < -0.3 is 15.0 Å². The fourth-order valence-corrected chi connectivity index (χ4v) is 3.67. The van der Waals surface area contributed by atoms with Crippen molar-refractivity contribution < 1.29 is 5.11 Å². The van der Waals surface area contributed by atoms with E-state index >= 15 is 0 Å². The Labute approximate surface area is 154 Å². The van der Waals surface area contributed by atoms with Gasteiger partial charge in [-0.15, -0.1) is 0 Å². The molecule has 1 fully saturated rings. The van der Waals surface area contributed by atoms with Gasteiger partial charge in [0.1, 0.15) is 5.65 Å². The normalized spacial score (nSPS) is 15.7. The summed E-state index contributed by atoms with van der Waals surface area (Å²) in [7, 11) is 2.14. The molecule has 1 aliphatic rings. The molecule has 0 bridgehead atoms. The predicted molar refractivity (Wildman–Crippen MR) is 105 cm³/mol. The lowest BCUT2D eigenvalue weighted by molar-refractivity contribution is 0.147. The fourth-order valence-electron chi connectivity index (χ4n) is 3.67. The molecule has 2 N–H and O–H groups in total. The summed E-state index contributed by atoms with van der Waals surface area (Å²) in [5.41, 5.74) is 5.95. The number of aliphatic hydroxyl groups is 1. The monoisotopic (exact) mass is 349 g/mol. The van der Waals surface area contributed by atoms with E-state index in [2.05, 4.69) is 34.9 Å². The summed E-state index contributed by atoms with van der Waals surface area (Å²) in [4.78, 5) is 10.5. The van der Waals surface area contributed by atoms with Gasteiger partial charge in [0, 0.05) is 30.4 Å². The van der Waals surface area contributed by atoms with Gasteiger partial charge in [-0.25, -0.2) is 4.98 Å². The van der Waals surface area contributed by atoms with E-state index in [9.17, 15) is 5.11 Å². The predicted octanol–water partition coefficient (Wildman–Crippen LogP) is 4.30. The number of H-pyrrole nitrogens is 1. The Kier molecular flexibility index (Phi) is 4.79. The lowest BCUT2D eigenvalue weighted by atomic mass is 10.1. The molecule has 3 aromatic rings. The van der Waals surface area contributed by atoms with Gasteiger partial charge in [-0.05, 0) is 61.9 Å². The Morgan fingerprint density at radius 2 is 2.04 bits per heavy atom. The molecular formula is C22H27N3O. The molecule has 1 saturated carbocycles. The van der Waals surface area contributed by atoms with Crippen molar-refractivity contribution in [1.82, 2.24) is 14.9 Å². The molecule has 0 radical (unpaired) electrons. The van der Waals surface area contributed by atoms with Crippen LogP contribution in [0.2, 0.25) is 0 Å². The van der Waals surface area contributed by atoms with Crippen LogP contribution in [0.3, 0.4) is 0 Å². The van der Waals surface area contributed by atoms with Crippen molar-refractivity contribution in [2.45, 2.75) is 44.8 Å². The third-order valence-corrected chi connectivity index (χ3v) is 5.31. The molecule has 4 rings (SSSR count). The van der Waals surface area contributed by atoms with Crippen LogP contribution in [0.4, 0.5) is 0 Å². The Bertz CT molecular complexity index is 883. The number of aryl methyl sites for hydroxylation is 1. The van der Waals surface area contributed by atoms with E-state index in [0.717, 1.165) is 30.7 Å². The topological polar surface area (TPSA) is 52.2 Å². The first kappa shape index (κ1) is 17.3. The van der Waals surface area contributed by atoms with Crippen LogP contribution in [-0.4, -0.2) is 33.6 Å². The van der Waals surface area contributed by atoms with Crippen LogP contribution >= 0.6 is 0 Å². The lowest BCUT2D eigenvalue weighted by Crippen LogP contribution is -2.21. The molecule has 136 valence electrons. The van der Waals surface area contributed by atoms with E-state index in [1.165, 1.54) is 35.0 Å². The molecule has 0 unspecified atom stereocenters. The molecule has 0 saturated heterocycles. The number of nitrogens with one attached hydrogen (secondary N) is 1. The maximum Gasteiger partial charge on any atom is 0.137 e. The maximum absolute atomic E-state index is 10.4. The van der Waals surface area contributed by atoms with Crippen LogP contribution in [0, 0.1) is 6.92 Å². The molecule has 26 heavy (non-hydrogen) atoms. The minimum absolute atomic E-state index is 0.409. The van der Waals surface area contributed by atoms with Crippen LogP contribution in [-0.2, 0) is 6.54 Å². The molecule has 2 aromatic heterocycles. The summed E-state index contributed by atoms with van der Waals surface area (Å²) < 4.78 is 0. The first-order valence-electron chi connectivity index (χ1n) is 9.50. The van der Waals surface area contributed by atoms with E-state index in [0.29, 0.717) is 5.92 Å². The smallest absolute Gasteiger partial charge is 0.137 e. The zero-order chi connectivity index (χ0) is 18.1. The number of aromatic nitrogens is 2. The molecule has 4 heteroatoms. The number of aromatic amines is 1. The highest BCUT2D eigenvalue weighted by Gasteiger charge is 2.29. The van der Waals surface area contributed by atoms with Gasteiger partial charge in [-0.3, -0.25) is 0 Å². The van der Waals surface area contributed by atoms with Crippen molar-refractivity contribution in [2.24, 2.45) is 0 Å². The van der Waals surface area contributed by atoms with Crippen LogP contribution in [0.15, 0.2) is 42.6 Å². The van der Waals surface area contributed by atoms with E-state index in [-0.39, 0.29) is 0 Å². The van der Waals surface area contributed by atoms with Crippen LogP contribution in [0.1, 0.15) is 53.7 Å². The number of fused-ring (bicyclic) bond motifs is 1. The number of nitrogens with zero attached hydrogens (tertiary/aromatic N) is 2. The molecule has 4 nitrogen and oxygen atoms in total. The number of hydrogen-bond acceptors (Lipinski definition) is 3. The van der Waals surface area contributed by atoms with Gasteiger partial charge in [0.05, 0.1) is 6.10 Å². The van der Waals surface area contributed by atoms with Gasteiger partial charge in [-0.2, -0.15) is 0 Å². The van der Waals surface area contributed by atoms with Crippen molar-refractivity contribution in [3.63, 3.8) is 0 Å². The summed E-state index contributed by atoms with van der Waals surface area (Å²) in [6, 6.07) is 12.2. The van der Waals surface area contributed by atoms with Crippen molar-refractivity contribution in [2.75, 3.05) is 13.6 Å². The first-order valence-corrected chi connectivity index (χ1v) is 9.50. The zero-order valence-corrected chi connectivity index (χ0v) is 15.6. The fraction of sp³-hybridized carbons (Fsp3) is 0.409. The molecular weight excluding hydrogens is 322 g/mol. The number of aliphatic hydroxyl groups excluding tert-OH is 1. The largest absolute Gasteiger partial charge is 0.388 e. The van der Waals surface area contributed by atoms with Crippen LogP contribution < -0.4 is 0 Å². The Morgan fingerprint density at radius 1 is 1.27 bits per heavy atom. The SMILES string of the molecule is Cc1cnc2[nH]c(C3CC3)c(CN(C)CC[C@H](O)c3ccccc3)c2c1. The average Bonchev–Trinajstić information content (AvgIpc) is 3.44. The minimum atomic E-state index is -0.409. The minimum Gasteiger partial charge on any atom is -0.388 e. The summed E-state index contributed by atoms with van der Waals surface area (Å²) in [5, 5.41) is 11.7. The molecule has 1 aromatic carbocycles. The highest BCUT2D eigenvalue weighted by molar-refractivity contribution is 5.82. The third kappa shape index (κ3) is 3.67. The molecule has 1 aliphatic carbocycles. The van der Waals surface area contributed by atoms with E-state index < -0.39 is 6.10 Å². The van der Waals surface area contributed by atoms with Gasteiger partial charge in [0.15, 0.2) is 0 Å². The maximum atomic E-state index is 10.4. The van der Waals surface area contributed by atoms with E-state index in [1.807, 2.05) is 36.5 Å². The second-order valence-electron chi connectivity index (χ2n) is 7.65. The third-order valence-electron chi connectivity index (χ3n) is 5.31. The second kappa shape index (κ2) is 7.22. The zero-order valence-electron chi connectivity index (χ0n) is 15.6. The first-order chi connectivity index (χ1) is 12.6. The summed E-state index contributed by atoms with van der Waals surface area (Å²) in [6.45, 7) is 3.84.